The van der Waals surface area contributed by atoms with Gasteiger partial charge in [0.1, 0.15) is 0 Å². The molecule has 0 aromatic heterocycles. The molecule has 1 aromatic carbocycles. The van der Waals surface area contributed by atoms with E-state index in [2.05, 4.69) is 22.0 Å². The van der Waals surface area contributed by atoms with Gasteiger partial charge in [0.25, 0.3) is 0 Å². The topological polar surface area (TPSA) is 42.2 Å². The molecule has 0 N–H and O–H groups in total. The predicted molar refractivity (Wildman–Crippen MR) is 65.8 cm³/mol. The van der Waals surface area contributed by atoms with Crippen LogP contribution in [0.1, 0.15) is 18.4 Å². The van der Waals surface area contributed by atoms with Crippen LogP contribution in [0.2, 0.25) is 0 Å². The highest BCUT2D eigenvalue weighted by molar-refractivity contribution is 9.10. The maximum absolute atomic E-state index is 8.49. The first-order valence-electron chi connectivity index (χ1n) is 5.00. The normalized spacial score (nSPS) is 9.62. The summed E-state index contributed by atoms with van der Waals surface area (Å²) < 4.78 is 11.4. The van der Waals surface area contributed by atoms with Crippen molar-refractivity contribution in [1.29, 1.82) is 5.26 Å². The van der Waals surface area contributed by atoms with Crippen LogP contribution in [-0.4, -0.2) is 14.2 Å². The third-order valence-corrected chi connectivity index (χ3v) is 3.03. The van der Waals surface area contributed by atoms with Gasteiger partial charge in [0, 0.05) is 10.9 Å². The fraction of sp³-hybridized carbons (Fsp3) is 0.417. The molecule has 0 aliphatic heterocycles. The van der Waals surface area contributed by atoms with Gasteiger partial charge in [0.15, 0.2) is 11.5 Å². The van der Waals surface area contributed by atoms with Gasteiger partial charge in [0.05, 0.1) is 20.3 Å². The first kappa shape index (κ1) is 12.9. The molecule has 0 atom stereocenters. The van der Waals surface area contributed by atoms with Crippen molar-refractivity contribution in [2.24, 2.45) is 0 Å². The van der Waals surface area contributed by atoms with Crippen LogP contribution in [-0.2, 0) is 6.42 Å². The standard InChI is InChI=1S/C12H14BrNO2/c1-15-11-7-9(5-3-4-6-14)10(13)8-12(11)16-2/h7-8H,3-5H2,1-2H3. The van der Waals surface area contributed by atoms with Crippen molar-refractivity contribution in [3.63, 3.8) is 0 Å². The Kier molecular flexibility index (Phi) is 5.13. The summed E-state index contributed by atoms with van der Waals surface area (Å²) in [7, 11) is 3.23. The van der Waals surface area contributed by atoms with Gasteiger partial charge < -0.3 is 9.47 Å². The molecular formula is C12H14BrNO2. The van der Waals surface area contributed by atoms with Crippen LogP contribution < -0.4 is 9.47 Å². The number of methoxy groups -OCH3 is 2. The largest absolute Gasteiger partial charge is 0.493 e. The lowest BCUT2D eigenvalue weighted by atomic mass is 10.1. The number of rotatable bonds is 5. The summed E-state index contributed by atoms with van der Waals surface area (Å²) in [6.45, 7) is 0. The zero-order valence-corrected chi connectivity index (χ0v) is 11.0. The number of aryl methyl sites for hydroxylation is 1. The monoisotopic (exact) mass is 283 g/mol. The van der Waals surface area contributed by atoms with Crippen LogP contribution in [0.25, 0.3) is 0 Å². The molecule has 0 spiro atoms. The Balaban J connectivity index is 2.89. The number of nitriles is 1. The van der Waals surface area contributed by atoms with Crippen LogP contribution in [0.4, 0.5) is 0 Å². The van der Waals surface area contributed by atoms with Gasteiger partial charge in [-0.15, -0.1) is 0 Å². The van der Waals surface area contributed by atoms with E-state index < -0.39 is 0 Å². The van der Waals surface area contributed by atoms with Gasteiger partial charge in [-0.2, -0.15) is 5.26 Å². The van der Waals surface area contributed by atoms with Crippen molar-refractivity contribution in [1.82, 2.24) is 0 Å². The Bertz CT molecular complexity index is 399. The van der Waals surface area contributed by atoms with Crippen molar-refractivity contribution in [2.75, 3.05) is 14.2 Å². The summed E-state index contributed by atoms with van der Waals surface area (Å²) in [5.41, 5.74) is 1.13. The average Bonchev–Trinajstić information content (AvgIpc) is 2.31. The number of unbranched alkanes of at least 4 members (excludes halogenated alkanes) is 1. The van der Waals surface area contributed by atoms with Crippen LogP contribution in [0.5, 0.6) is 11.5 Å². The highest BCUT2D eigenvalue weighted by atomic mass is 79.9. The molecule has 0 saturated carbocycles. The molecule has 0 saturated heterocycles. The second-order valence-electron chi connectivity index (χ2n) is 3.31. The SMILES string of the molecule is COc1cc(Br)c(CCCC#N)cc1OC. The summed E-state index contributed by atoms with van der Waals surface area (Å²) in [5, 5.41) is 8.49. The molecule has 1 aromatic rings. The smallest absolute Gasteiger partial charge is 0.161 e. The van der Waals surface area contributed by atoms with Crippen LogP contribution in [0, 0.1) is 11.3 Å². The van der Waals surface area contributed by atoms with E-state index in [1.165, 1.54) is 0 Å². The highest BCUT2D eigenvalue weighted by Gasteiger charge is 2.08. The molecule has 0 aliphatic carbocycles. The summed E-state index contributed by atoms with van der Waals surface area (Å²) in [6, 6.07) is 5.97. The van der Waals surface area contributed by atoms with Crippen molar-refractivity contribution in [3.05, 3.63) is 22.2 Å². The van der Waals surface area contributed by atoms with Gasteiger partial charge in [-0.25, -0.2) is 0 Å². The molecule has 4 heteroatoms. The minimum Gasteiger partial charge on any atom is -0.493 e. The summed E-state index contributed by atoms with van der Waals surface area (Å²) in [5.74, 6) is 1.43. The maximum Gasteiger partial charge on any atom is 0.161 e. The van der Waals surface area contributed by atoms with E-state index in [-0.39, 0.29) is 0 Å². The number of halogens is 1. The summed E-state index contributed by atoms with van der Waals surface area (Å²) in [4.78, 5) is 0. The Hall–Kier alpha value is -1.21. The zero-order chi connectivity index (χ0) is 12.0. The van der Waals surface area contributed by atoms with Crippen molar-refractivity contribution >= 4 is 15.9 Å². The van der Waals surface area contributed by atoms with Gasteiger partial charge in [0.2, 0.25) is 0 Å². The fourth-order valence-corrected chi connectivity index (χ4v) is 1.97. The van der Waals surface area contributed by atoms with E-state index in [1.54, 1.807) is 14.2 Å². The minimum absolute atomic E-state index is 0.570. The molecule has 0 amide bonds. The minimum atomic E-state index is 0.570. The molecule has 3 nitrogen and oxygen atoms in total. The van der Waals surface area contributed by atoms with E-state index in [0.717, 1.165) is 28.6 Å². The molecule has 86 valence electrons. The molecule has 0 unspecified atom stereocenters. The summed E-state index contributed by atoms with van der Waals surface area (Å²) >= 11 is 3.48. The third kappa shape index (κ3) is 3.14. The Morgan fingerprint density at radius 2 is 1.88 bits per heavy atom. The number of ether oxygens (including phenoxy) is 2. The second-order valence-corrected chi connectivity index (χ2v) is 4.16. The van der Waals surface area contributed by atoms with Crippen LogP contribution in [0.15, 0.2) is 16.6 Å². The van der Waals surface area contributed by atoms with E-state index >= 15 is 0 Å². The Labute approximate surface area is 104 Å². The molecule has 0 heterocycles. The van der Waals surface area contributed by atoms with Crippen molar-refractivity contribution < 1.29 is 9.47 Å². The van der Waals surface area contributed by atoms with E-state index in [1.807, 2.05) is 12.1 Å². The van der Waals surface area contributed by atoms with E-state index in [4.69, 9.17) is 14.7 Å². The quantitative estimate of drug-likeness (QED) is 0.779. The Morgan fingerprint density at radius 3 is 2.44 bits per heavy atom. The number of hydrogen-bond donors (Lipinski definition) is 0. The van der Waals surface area contributed by atoms with Gasteiger partial charge >= 0.3 is 0 Å². The van der Waals surface area contributed by atoms with Gasteiger partial charge in [-0.3, -0.25) is 0 Å². The van der Waals surface area contributed by atoms with Crippen molar-refractivity contribution in [2.45, 2.75) is 19.3 Å². The molecule has 0 fully saturated rings. The first-order chi connectivity index (χ1) is 7.72. The highest BCUT2D eigenvalue weighted by Crippen LogP contribution is 2.33. The second kappa shape index (κ2) is 6.39. The first-order valence-corrected chi connectivity index (χ1v) is 5.79. The number of benzene rings is 1. The van der Waals surface area contributed by atoms with Crippen LogP contribution in [0.3, 0.4) is 0 Å². The molecule has 0 bridgehead atoms. The molecular weight excluding hydrogens is 270 g/mol. The van der Waals surface area contributed by atoms with Crippen LogP contribution >= 0.6 is 15.9 Å². The molecule has 1 rings (SSSR count). The van der Waals surface area contributed by atoms with Crippen molar-refractivity contribution in [3.8, 4) is 17.6 Å². The Morgan fingerprint density at radius 1 is 1.25 bits per heavy atom. The fourth-order valence-electron chi connectivity index (χ4n) is 1.45. The predicted octanol–water partition coefficient (Wildman–Crippen LogP) is 3.31. The van der Waals surface area contributed by atoms with E-state index in [0.29, 0.717) is 12.2 Å². The average molecular weight is 284 g/mol. The molecule has 0 aliphatic rings. The maximum atomic E-state index is 8.49. The zero-order valence-electron chi connectivity index (χ0n) is 9.42. The summed E-state index contributed by atoms with van der Waals surface area (Å²) in [6.07, 6.45) is 2.28. The van der Waals surface area contributed by atoms with E-state index in [9.17, 15) is 0 Å². The third-order valence-electron chi connectivity index (χ3n) is 2.29. The lowest BCUT2D eigenvalue weighted by Gasteiger charge is -2.11. The molecule has 0 radical (unpaired) electrons. The lowest BCUT2D eigenvalue weighted by Crippen LogP contribution is -1.94. The van der Waals surface area contributed by atoms with Gasteiger partial charge in [-0.1, -0.05) is 15.9 Å². The number of hydrogen-bond acceptors (Lipinski definition) is 3. The lowest BCUT2D eigenvalue weighted by molar-refractivity contribution is 0.354. The molecule has 16 heavy (non-hydrogen) atoms. The number of nitrogens with zero attached hydrogens (tertiary/aromatic N) is 1. The van der Waals surface area contributed by atoms with Gasteiger partial charge in [-0.05, 0) is 30.5 Å².